The quantitative estimate of drug-likeness (QED) is 0.260. The van der Waals surface area contributed by atoms with Gasteiger partial charge < -0.3 is 0 Å². The van der Waals surface area contributed by atoms with Crippen LogP contribution in [0.3, 0.4) is 0 Å². The second-order valence-electron chi connectivity index (χ2n) is 3.56. The molecule has 82 valence electrons. The van der Waals surface area contributed by atoms with Crippen molar-refractivity contribution in [1.82, 2.24) is 24.6 Å². The molecular formula is C7H15IN5O-. The van der Waals surface area contributed by atoms with Gasteiger partial charge in [0, 0.05) is 0 Å². The van der Waals surface area contributed by atoms with Crippen LogP contribution in [0, 0.1) is 0 Å². The summed E-state index contributed by atoms with van der Waals surface area (Å²) in [6, 6.07) is 0. The van der Waals surface area contributed by atoms with E-state index >= 15 is 0 Å². The zero-order chi connectivity index (χ0) is 10.2. The molecule has 0 spiro atoms. The third-order valence-corrected chi connectivity index (χ3v) is 3.97. The zero-order valence-electron chi connectivity index (χ0n) is 8.19. The van der Waals surface area contributed by atoms with Crippen LogP contribution in [0.4, 0.5) is 0 Å². The van der Waals surface area contributed by atoms with Crippen LogP contribution in [0.2, 0.25) is 0 Å². The van der Waals surface area contributed by atoms with E-state index in [0.29, 0.717) is 6.67 Å². The SMILES string of the molecule is CN1NCC2=C1NCN[C@@]2(C)N[I-]O. The second-order valence-corrected chi connectivity index (χ2v) is 4.58. The van der Waals surface area contributed by atoms with Crippen LogP contribution in [0.1, 0.15) is 6.92 Å². The van der Waals surface area contributed by atoms with Crippen molar-refractivity contribution >= 4 is 0 Å². The maximum absolute atomic E-state index is 9.05. The van der Waals surface area contributed by atoms with Crippen molar-refractivity contribution in [3.63, 3.8) is 0 Å². The molecule has 0 bridgehead atoms. The molecule has 2 rings (SSSR count). The summed E-state index contributed by atoms with van der Waals surface area (Å²) < 4.78 is 12.2. The molecule has 0 unspecified atom stereocenters. The number of nitrogens with zero attached hydrogens (tertiary/aromatic N) is 1. The number of nitrogens with one attached hydrogen (secondary N) is 4. The summed E-state index contributed by atoms with van der Waals surface area (Å²) in [5, 5.41) is 8.55. The van der Waals surface area contributed by atoms with Gasteiger partial charge in [0.05, 0.1) is 0 Å². The summed E-state index contributed by atoms with van der Waals surface area (Å²) in [4.78, 5) is 0. The Balaban J connectivity index is 2.27. The van der Waals surface area contributed by atoms with Gasteiger partial charge in [0.15, 0.2) is 0 Å². The average Bonchev–Trinajstić information content (AvgIpc) is 2.50. The Hall–Kier alpha value is -0.0900. The molecule has 1 atom stereocenters. The monoisotopic (exact) mass is 312 g/mol. The predicted octanol–water partition coefficient (Wildman–Crippen LogP) is -4.98. The van der Waals surface area contributed by atoms with Gasteiger partial charge in [0.25, 0.3) is 0 Å². The summed E-state index contributed by atoms with van der Waals surface area (Å²) in [6.07, 6.45) is 0. The van der Waals surface area contributed by atoms with E-state index in [-0.39, 0.29) is 5.66 Å². The summed E-state index contributed by atoms with van der Waals surface area (Å²) in [5.41, 5.74) is 4.17. The fraction of sp³-hybridized carbons (Fsp3) is 0.714. The number of hydrogen-bond acceptors (Lipinski definition) is 6. The van der Waals surface area contributed by atoms with Crippen LogP contribution in [0.5, 0.6) is 0 Å². The molecular weight excluding hydrogens is 297 g/mol. The van der Waals surface area contributed by atoms with Crippen molar-refractivity contribution in [2.45, 2.75) is 12.6 Å². The summed E-state index contributed by atoms with van der Waals surface area (Å²) in [5.74, 6) is 1.11. The number of halogens is 1. The van der Waals surface area contributed by atoms with E-state index in [0.717, 1.165) is 12.4 Å². The molecule has 0 radical (unpaired) electrons. The molecule has 0 aromatic rings. The maximum atomic E-state index is 9.05. The van der Waals surface area contributed by atoms with Gasteiger partial charge in [-0.25, -0.2) is 0 Å². The van der Waals surface area contributed by atoms with Crippen LogP contribution in [0.25, 0.3) is 0 Å². The van der Waals surface area contributed by atoms with Crippen LogP contribution in [-0.2, 0) is 0 Å². The third kappa shape index (κ3) is 1.58. The first kappa shape index (κ1) is 10.4. The van der Waals surface area contributed by atoms with E-state index in [1.54, 1.807) is 0 Å². The first-order valence-corrected chi connectivity index (χ1v) is 6.46. The van der Waals surface area contributed by atoms with E-state index in [9.17, 15) is 0 Å². The van der Waals surface area contributed by atoms with Crippen molar-refractivity contribution in [2.24, 2.45) is 0 Å². The van der Waals surface area contributed by atoms with E-state index in [1.807, 2.05) is 12.1 Å². The topological polar surface area (TPSA) is 71.6 Å². The summed E-state index contributed by atoms with van der Waals surface area (Å²) in [7, 11) is 1.98. The number of hydrogen-bond donors (Lipinski definition) is 5. The molecule has 0 fully saturated rings. The van der Waals surface area contributed by atoms with Crippen LogP contribution >= 0.6 is 0 Å². The molecule has 0 saturated heterocycles. The van der Waals surface area contributed by atoms with Crippen LogP contribution in [0.15, 0.2) is 11.4 Å². The van der Waals surface area contributed by atoms with Crippen molar-refractivity contribution in [3.8, 4) is 0 Å². The molecule has 14 heavy (non-hydrogen) atoms. The fourth-order valence-corrected chi connectivity index (χ4v) is 2.79. The Morgan fingerprint density at radius 2 is 2.43 bits per heavy atom. The molecule has 6 nitrogen and oxygen atoms in total. The Labute approximate surface area is 94.2 Å². The van der Waals surface area contributed by atoms with Crippen LogP contribution < -0.4 is 41.5 Å². The van der Waals surface area contributed by atoms with Crippen LogP contribution in [-0.4, -0.2) is 34.4 Å². The molecule has 5 N–H and O–H groups in total. The molecule has 0 aromatic heterocycles. The Morgan fingerprint density at radius 1 is 1.64 bits per heavy atom. The van der Waals surface area contributed by atoms with Crippen molar-refractivity contribution < 1.29 is 25.3 Å². The Bertz CT molecular complexity index is 271. The minimum absolute atomic E-state index is 0.277. The van der Waals surface area contributed by atoms with Crippen molar-refractivity contribution in [2.75, 3.05) is 20.3 Å². The predicted molar refractivity (Wildman–Crippen MR) is 47.7 cm³/mol. The molecule has 2 heterocycles. The molecule has 0 aliphatic carbocycles. The Morgan fingerprint density at radius 3 is 3.14 bits per heavy atom. The molecule has 2 aliphatic heterocycles. The molecule has 0 amide bonds. The molecule has 0 saturated carbocycles. The second kappa shape index (κ2) is 3.81. The summed E-state index contributed by atoms with van der Waals surface area (Å²) in [6.45, 7) is 3.57. The van der Waals surface area contributed by atoms with Crippen molar-refractivity contribution in [3.05, 3.63) is 11.4 Å². The number of rotatable bonds is 2. The van der Waals surface area contributed by atoms with E-state index in [4.69, 9.17) is 3.44 Å². The average molecular weight is 312 g/mol. The molecule has 0 aromatic carbocycles. The van der Waals surface area contributed by atoms with Gasteiger partial charge in [-0.3, -0.25) is 0 Å². The standard InChI is InChI=1S/C7H15IN5O/c1-7(12-8-14)5-3-11-13(2)6(5)9-4-10-7/h9-12,14H,3-4H2,1-2H3/q-1/t7-/m0/s1. The van der Waals surface area contributed by atoms with Gasteiger partial charge in [-0.2, -0.15) is 0 Å². The van der Waals surface area contributed by atoms with E-state index in [2.05, 4.69) is 26.5 Å². The summed E-state index contributed by atoms with van der Waals surface area (Å²) >= 11 is -0.928. The van der Waals surface area contributed by atoms with Gasteiger partial charge in [-0.1, -0.05) is 0 Å². The zero-order valence-corrected chi connectivity index (χ0v) is 10.3. The first-order valence-electron chi connectivity index (χ1n) is 4.42. The van der Waals surface area contributed by atoms with Gasteiger partial charge in [-0.05, 0) is 0 Å². The first-order chi connectivity index (χ1) is 6.67. The van der Waals surface area contributed by atoms with Gasteiger partial charge in [0.2, 0.25) is 0 Å². The fourth-order valence-electron chi connectivity index (χ4n) is 1.79. The van der Waals surface area contributed by atoms with E-state index < -0.39 is 21.9 Å². The van der Waals surface area contributed by atoms with Gasteiger partial charge in [-0.15, -0.1) is 0 Å². The number of hydrazine groups is 1. The van der Waals surface area contributed by atoms with Gasteiger partial charge >= 0.3 is 94.2 Å². The van der Waals surface area contributed by atoms with Crippen molar-refractivity contribution in [1.29, 1.82) is 0 Å². The Kier molecular flexibility index (Phi) is 2.84. The molecule has 7 heteroatoms. The normalized spacial score (nSPS) is 32.1. The molecule has 2 aliphatic rings. The third-order valence-electron chi connectivity index (χ3n) is 2.65. The van der Waals surface area contributed by atoms with E-state index in [1.165, 1.54) is 5.57 Å². The minimum atomic E-state index is -0.928. The van der Waals surface area contributed by atoms with Gasteiger partial charge in [0.1, 0.15) is 0 Å².